The van der Waals surface area contributed by atoms with E-state index in [9.17, 15) is 0 Å². The van der Waals surface area contributed by atoms with E-state index in [4.69, 9.17) is 14.3 Å². The Morgan fingerprint density at radius 2 is 2.11 bits per heavy atom. The van der Waals surface area contributed by atoms with Gasteiger partial charge in [0, 0.05) is 0 Å². The molecule has 0 bridgehead atoms. The topological polar surface area (TPSA) is 38.7 Å². The number of rotatable bonds is 4. The highest BCUT2D eigenvalue weighted by Gasteiger charge is 2.03. The van der Waals surface area contributed by atoms with Crippen molar-refractivity contribution in [3.8, 4) is 0 Å². The van der Waals surface area contributed by atoms with Crippen LogP contribution in [0.2, 0.25) is 13.1 Å². The predicted octanol–water partition coefficient (Wildman–Crippen LogP) is 0.299. The standard InChI is InChI=1S/C5H14O3Si/c1-5(7-4-6)8-9(2)3/h5-6,9H,4H2,1-3H3. The fourth-order valence-corrected chi connectivity index (χ4v) is 1.37. The molecule has 0 aliphatic heterocycles. The van der Waals surface area contributed by atoms with E-state index in [1.54, 1.807) is 6.92 Å². The van der Waals surface area contributed by atoms with Gasteiger partial charge in [0.1, 0.15) is 13.1 Å². The second kappa shape index (κ2) is 4.93. The lowest BCUT2D eigenvalue weighted by atomic mass is 10.8. The van der Waals surface area contributed by atoms with E-state index in [1.807, 2.05) is 0 Å². The molecule has 0 fully saturated rings. The van der Waals surface area contributed by atoms with Gasteiger partial charge in [-0.25, -0.2) is 0 Å². The number of hydrogen-bond donors (Lipinski definition) is 1. The van der Waals surface area contributed by atoms with Crippen molar-refractivity contribution in [2.45, 2.75) is 26.3 Å². The molecule has 0 saturated heterocycles. The molecule has 0 rings (SSSR count). The third kappa shape index (κ3) is 5.98. The Morgan fingerprint density at radius 3 is 2.44 bits per heavy atom. The number of aliphatic hydroxyl groups is 1. The summed E-state index contributed by atoms with van der Waals surface area (Å²) < 4.78 is 9.97. The second-order valence-electron chi connectivity index (χ2n) is 2.05. The Morgan fingerprint density at radius 1 is 1.56 bits per heavy atom. The number of hydrogen-bond acceptors (Lipinski definition) is 3. The molecule has 0 spiro atoms. The second-order valence-corrected chi connectivity index (χ2v) is 4.42. The van der Waals surface area contributed by atoms with Gasteiger partial charge in [-0.1, -0.05) is 0 Å². The zero-order valence-electron chi connectivity index (χ0n) is 6.13. The summed E-state index contributed by atoms with van der Waals surface area (Å²) in [7, 11) is -0.996. The number of ether oxygens (including phenoxy) is 1. The van der Waals surface area contributed by atoms with Crippen LogP contribution in [0.25, 0.3) is 0 Å². The minimum atomic E-state index is -0.996. The van der Waals surface area contributed by atoms with Crippen molar-refractivity contribution in [3.05, 3.63) is 0 Å². The minimum absolute atomic E-state index is 0.248. The van der Waals surface area contributed by atoms with Crippen LogP contribution in [0.3, 0.4) is 0 Å². The molecule has 0 heterocycles. The molecular weight excluding hydrogens is 136 g/mol. The zero-order chi connectivity index (χ0) is 7.28. The molecule has 0 saturated carbocycles. The summed E-state index contributed by atoms with van der Waals surface area (Å²) in [5, 5.41) is 8.26. The molecule has 1 atom stereocenters. The molecule has 0 aromatic rings. The van der Waals surface area contributed by atoms with Crippen molar-refractivity contribution in [1.82, 2.24) is 0 Å². The molecule has 9 heavy (non-hydrogen) atoms. The van der Waals surface area contributed by atoms with E-state index in [0.717, 1.165) is 0 Å². The summed E-state index contributed by atoms with van der Waals surface area (Å²) in [6.45, 7) is 5.62. The predicted molar refractivity (Wildman–Crippen MR) is 37.6 cm³/mol. The van der Waals surface area contributed by atoms with Crippen molar-refractivity contribution in [1.29, 1.82) is 0 Å². The first-order chi connectivity index (χ1) is 4.16. The first kappa shape index (κ1) is 9.10. The molecular formula is C5H14O3Si. The Bertz CT molecular complexity index is 67.2. The van der Waals surface area contributed by atoms with Crippen molar-refractivity contribution in [2.75, 3.05) is 6.79 Å². The smallest absolute Gasteiger partial charge is 0.174 e. The molecule has 0 aromatic carbocycles. The molecule has 0 radical (unpaired) electrons. The van der Waals surface area contributed by atoms with Gasteiger partial charge < -0.3 is 14.3 Å². The lowest BCUT2D eigenvalue weighted by Gasteiger charge is -2.14. The van der Waals surface area contributed by atoms with Gasteiger partial charge in [-0.2, -0.15) is 0 Å². The lowest BCUT2D eigenvalue weighted by molar-refractivity contribution is -0.127. The SMILES string of the molecule is CC(OCO)O[SiH](C)C. The van der Waals surface area contributed by atoms with Gasteiger partial charge in [0.2, 0.25) is 0 Å². The van der Waals surface area contributed by atoms with E-state index in [2.05, 4.69) is 13.1 Å². The Labute approximate surface area is 57.3 Å². The van der Waals surface area contributed by atoms with Gasteiger partial charge in [0.25, 0.3) is 0 Å². The summed E-state index contributed by atoms with van der Waals surface area (Å²) >= 11 is 0. The van der Waals surface area contributed by atoms with E-state index in [0.29, 0.717) is 0 Å². The third-order valence-corrected chi connectivity index (χ3v) is 1.70. The molecule has 0 aliphatic carbocycles. The fourth-order valence-electron chi connectivity index (χ4n) is 0.528. The average molecular weight is 150 g/mol. The molecule has 4 heteroatoms. The average Bonchev–Trinajstić information content (AvgIpc) is 1.63. The van der Waals surface area contributed by atoms with Crippen LogP contribution < -0.4 is 0 Å². The van der Waals surface area contributed by atoms with Gasteiger partial charge in [-0.15, -0.1) is 0 Å². The highest BCUT2D eigenvalue weighted by atomic mass is 28.3. The zero-order valence-corrected chi connectivity index (χ0v) is 7.28. The summed E-state index contributed by atoms with van der Waals surface area (Å²) in [6.07, 6.45) is -0.248. The van der Waals surface area contributed by atoms with Crippen LogP contribution in [-0.4, -0.2) is 27.2 Å². The molecule has 0 aromatic heterocycles. The number of aliphatic hydroxyl groups excluding tert-OH is 1. The quantitative estimate of drug-likeness (QED) is 0.463. The Kier molecular flexibility index (Phi) is 4.98. The van der Waals surface area contributed by atoms with E-state index >= 15 is 0 Å². The van der Waals surface area contributed by atoms with Crippen molar-refractivity contribution < 1.29 is 14.3 Å². The van der Waals surface area contributed by atoms with Crippen molar-refractivity contribution in [3.63, 3.8) is 0 Å². The molecule has 3 nitrogen and oxygen atoms in total. The van der Waals surface area contributed by atoms with Crippen LogP contribution in [0.5, 0.6) is 0 Å². The maximum atomic E-state index is 8.26. The monoisotopic (exact) mass is 150 g/mol. The van der Waals surface area contributed by atoms with Crippen LogP contribution in [0.1, 0.15) is 6.92 Å². The van der Waals surface area contributed by atoms with E-state index in [1.165, 1.54) is 0 Å². The van der Waals surface area contributed by atoms with Gasteiger partial charge in [0.05, 0.1) is 0 Å². The first-order valence-corrected chi connectivity index (χ1v) is 5.82. The van der Waals surface area contributed by atoms with Crippen LogP contribution in [0, 0.1) is 0 Å². The minimum Gasteiger partial charge on any atom is -0.396 e. The molecule has 56 valence electrons. The van der Waals surface area contributed by atoms with Gasteiger partial charge >= 0.3 is 0 Å². The highest BCUT2D eigenvalue weighted by Crippen LogP contribution is 1.94. The largest absolute Gasteiger partial charge is 0.396 e. The Balaban J connectivity index is 3.15. The normalized spacial score (nSPS) is 14.3. The fraction of sp³-hybridized carbons (Fsp3) is 1.00. The van der Waals surface area contributed by atoms with Crippen molar-refractivity contribution >= 4 is 9.04 Å². The van der Waals surface area contributed by atoms with E-state index < -0.39 is 9.04 Å². The lowest BCUT2D eigenvalue weighted by Crippen LogP contribution is -2.20. The summed E-state index contributed by atoms with van der Waals surface area (Å²) in [4.78, 5) is 0. The summed E-state index contributed by atoms with van der Waals surface area (Å²) in [5.74, 6) is 0. The molecule has 1 N–H and O–H groups in total. The van der Waals surface area contributed by atoms with Crippen LogP contribution >= 0.6 is 0 Å². The van der Waals surface area contributed by atoms with Gasteiger partial charge in [-0.05, 0) is 20.0 Å². The third-order valence-electron chi connectivity index (χ3n) is 0.773. The van der Waals surface area contributed by atoms with Crippen LogP contribution in [0.15, 0.2) is 0 Å². The summed E-state index contributed by atoms with van der Waals surface area (Å²) in [5.41, 5.74) is 0. The molecule has 1 unspecified atom stereocenters. The Hall–Kier alpha value is 0.0969. The van der Waals surface area contributed by atoms with Gasteiger partial charge in [-0.3, -0.25) is 0 Å². The first-order valence-electron chi connectivity index (χ1n) is 3.04. The molecule has 0 aliphatic rings. The van der Waals surface area contributed by atoms with Crippen molar-refractivity contribution in [2.24, 2.45) is 0 Å². The maximum Gasteiger partial charge on any atom is 0.174 e. The maximum absolute atomic E-state index is 8.26. The van der Waals surface area contributed by atoms with E-state index in [-0.39, 0.29) is 13.1 Å². The molecule has 0 amide bonds. The van der Waals surface area contributed by atoms with Crippen LogP contribution in [-0.2, 0) is 9.16 Å². The summed E-state index contributed by atoms with van der Waals surface area (Å²) in [6, 6.07) is 0. The van der Waals surface area contributed by atoms with Crippen LogP contribution in [0.4, 0.5) is 0 Å². The highest BCUT2D eigenvalue weighted by molar-refractivity contribution is 6.48. The van der Waals surface area contributed by atoms with Gasteiger partial charge in [0.15, 0.2) is 9.04 Å².